The van der Waals surface area contributed by atoms with Crippen molar-refractivity contribution in [1.29, 1.82) is 0 Å². The molecule has 128 valence electrons. The van der Waals surface area contributed by atoms with Crippen molar-refractivity contribution in [3.05, 3.63) is 0 Å². The normalized spacial score (nSPS) is 19.9. The first-order valence-corrected chi connectivity index (χ1v) is 6.47. The minimum atomic E-state index is -5.08. The van der Waals surface area contributed by atoms with Crippen LogP contribution in [0.4, 0.5) is 17.6 Å². The lowest BCUT2D eigenvalue weighted by Gasteiger charge is -2.37. The van der Waals surface area contributed by atoms with Crippen LogP contribution in [0.5, 0.6) is 0 Å². The van der Waals surface area contributed by atoms with Crippen molar-refractivity contribution in [2.75, 3.05) is 13.1 Å². The van der Waals surface area contributed by atoms with Crippen LogP contribution in [-0.2, 0) is 14.4 Å². The molecule has 2 unspecified atom stereocenters. The maximum absolute atomic E-state index is 12.7. The summed E-state index contributed by atoms with van der Waals surface area (Å²) in [5, 5.41) is 9.76. The second kappa shape index (κ2) is 8.16. The summed E-state index contributed by atoms with van der Waals surface area (Å²) in [5.41, 5.74) is -2.07. The van der Waals surface area contributed by atoms with Gasteiger partial charge in [0.25, 0.3) is 11.5 Å². The maximum Gasteiger partial charge on any atom is 0.490 e. The van der Waals surface area contributed by atoms with Crippen molar-refractivity contribution in [1.82, 2.24) is 10.2 Å². The Morgan fingerprint density at radius 3 is 2.18 bits per heavy atom. The highest BCUT2D eigenvalue weighted by atomic mass is 35.5. The zero-order valence-electron chi connectivity index (χ0n) is 11.7. The van der Waals surface area contributed by atoms with Gasteiger partial charge in [-0.25, -0.2) is 9.18 Å². The van der Waals surface area contributed by atoms with Gasteiger partial charge in [0.2, 0.25) is 5.91 Å². The van der Waals surface area contributed by atoms with Crippen molar-refractivity contribution in [3.8, 4) is 0 Å². The van der Waals surface area contributed by atoms with Gasteiger partial charge in [-0.15, -0.1) is 0 Å². The number of hydrogen-bond donors (Lipinski definition) is 2. The first-order valence-electron chi connectivity index (χ1n) is 6.03. The van der Waals surface area contributed by atoms with Crippen LogP contribution in [-0.4, -0.2) is 58.7 Å². The molecule has 1 aliphatic rings. The molecule has 2 amide bonds. The van der Waals surface area contributed by atoms with Crippen LogP contribution in [0.3, 0.4) is 0 Å². The number of nitrogens with one attached hydrogen (secondary N) is 1. The second-order valence-electron chi connectivity index (χ2n) is 4.69. The molecule has 2 atom stereocenters. The number of aliphatic carboxylic acids is 1. The Labute approximate surface area is 128 Å². The Morgan fingerprint density at radius 2 is 1.86 bits per heavy atom. The number of hydrogen-bond acceptors (Lipinski definition) is 3. The van der Waals surface area contributed by atoms with E-state index in [0.29, 0.717) is 6.54 Å². The van der Waals surface area contributed by atoms with Gasteiger partial charge in [-0.3, -0.25) is 9.59 Å². The standard InChI is InChI=1S/C9H14ClFN2O2.C2HF3O2/c1-5(2)6-3-12-7(14)4-13(6)9(15)8(10)11;3-2(4,5)1(6)7/h5-6,8H,3-4H2,1-2H3,(H,12,14);(H,6,7). The van der Waals surface area contributed by atoms with Gasteiger partial charge in [0.1, 0.15) is 6.54 Å². The van der Waals surface area contributed by atoms with Crippen LogP contribution in [0.15, 0.2) is 0 Å². The Hall–Kier alpha value is -1.58. The smallest absolute Gasteiger partial charge is 0.475 e. The van der Waals surface area contributed by atoms with Gasteiger partial charge in [-0.05, 0) is 5.92 Å². The van der Waals surface area contributed by atoms with Crippen LogP contribution in [0.1, 0.15) is 13.8 Å². The second-order valence-corrected chi connectivity index (χ2v) is 5.07. The summed E-state index contributed by atoms with van der Waals surface area (Å²) in [6, 6.07) is -0.188. The van der Waals surface area contributed by atoms with E-state index in [0.717, 1.165) is 0 Å². The molecule has 22 heavy (non-hydrogen) atoms. The van der Waals surface area contributed by atoms with Crippen LogP contribution in [0.25, 0.3) is 0 Å². The van der Waals surface area contributed by atoms with E-state index in [9.17, 15) is 27.2 Å². The minimum Gasteiger partial charge on any atom is -0.475 e. The summed E-state index contributed by atoms with van der Waals surface area (Å²) in [4.78, 5) is 32.6. The van der Waals surface area contributed by atoms with Gasteiger partial charge in [-0.1, -0.05) is 25.4 Å². The van der Waals surface area contributed by atoms with Crippen molar-refractivity contribution in [2.45, 2.75) is 31.7 Å². The van der Waals surface area contributed by atoms with Crippen molar-refractivity contribution >= 4 is 29.4 Å². The van der Waals surface area contributed by atoms with Crippen molar-refractivity contribution in [3.63, 3.8) is 0 Å². The number of nitrogens with zero attached hydrogens (tertiary/aromatic N) is 1. The molecule has 1 fully saturated rings. The number of rotatable bonds is 2. The average Bonchev–Trinajstić information content (AvgIpc) is 2.36. The Bertz CT molecular complexity index is 429. The van der Waals surface area contributed by atoms with E-state index in [-0.39, 0.29) is 24.4 Å². The Balaban J connectivity index is 0.000000534. The van der Waals surface area contributed by atoms with E-state index < -0.39 is 23.7 Å². The molecular formula is C11H15ClF4N2O4. The summed E-state index contributed by atoms with van der Waals surface area (Å²) in [7, 11) is 0. The quantitative estimate of drug-likeness (QED) is 0.577. The number of carbonyl (C=O) groups excluding carboxylic acids is 2. The van der Waals surface area contributed by atoms with E-state index in [1.807, 2.05) is 13.8 Å². The van der Waals surface area contributed by atoms with Gasteiger partial charge < -0.3 is 15.3 Å². The first kappa shape index (κ1) is 20.4. The Morgan fingerprint density at radius 1 is 1.41 bits per heavy atom. The molecule has 1 heterocycles. The molecule has 0 aliphatic carbocycles. The highest BCUT2D eigenvalue weighted by molar-refractivity contribution is 6.29. The summed E-state index contributed by atoms with van der Waals surface area (Å²) in [5.74, 6) is -3.72. The van der Waals surface area contributed by atoms with Crippen molar-refractivity contribution in [2.24, 2.45) is 5.92 Å². The summed E-state index contributed by atoms with van der Waals surface area (Å²) in [6.07, 6.45) is -5.08. The minimum absolute atomic E-state index is 0.116. The average molecular weight is 351 g/mol. The number of carboxylic acids is 1. The van der Waals surface area contributed by atoms with E-state index >= 15 is 0 Å². The molecule has 0 saturated carbocycles. The monoisotopic (exact) mass is 350 g/mol. The fourth-order valence-electron chi connectivity index (χ4n) is 1.62. The summed E-state index contributed by atoms with van der Waals surface area (Å²) < 4.78 is 44.4. The van der Waals surface area contributed by atoms with Gasteiger partial charge in [0, 0.05) is 6.54 Å². The molecule has 1 rings (SSSR count). The van der Waals surface area contributed by atoms with E-state index in [2.05, 4.69) is 5.32 Å². The van der Waals surface area contributed by atoms with Gasteiger partial charge in [-0.2, -0.15) is 13.2 Å². The zero-order chi connectivity index (χ0) is 17.7. The molecule has 0 aromatic rings. The molecule has 0 bridgehead atoms. The number of halogens is 5. The molecule has 0 aromatic carbocycles. The molecule has 0 spiro atoms. The molecule has 1 aliphatic heterocycles. The molecule has 0 aromatic heterocycles. The lowest BCUT2D eigenvalue weighted by Crippen LogP contribution is -2.59. The molecule has 11 heteroatoms. The van der Waals surface area contributed by atoms with Crippen LogP contribution in [0, 0.1) is 5.92 Å². The largest absolute Gasteiger partial charge is 0.490 e. The summed E-state index contributed by atoms with van der Waals surface area (Å²) >= 11 is 5.09. The highest BCUT2D eigenvalue weighted by Gasteiger charge is 2.38. The molecule has 0 radical (unpaired) electrons. The molecular weight excluding hydrogens is 336 g/mol. The first-order chi connectivity index (χ1) is 9.87. The lowest BCUT2D eigenvalue weighted by molar-refractivity contribution is -0.192. The third kappa shape index (κ3) is 6.46. The van der Waals surface area contributed by atoms with Gasteiger partial charge in [0.05, 0.1) is 6.04 Å². The van der Waals surface area contributed by atoms with E-state index in [1.54, 1.807) is 0 Å². The topological polar surface area (TPSA) is 86.7 Å². The SMILES string of the molecule is CC(C)C1CNC(=O)CN1C(=O)C(F)Cl.O=C(O)C(F)(F)F. The zero-order valence-corrected chi connectivity index (χ0v) is 12.4. The maximum atomic E-state index is 12.7. The number of amides is 2. The van der Waals surface area contributed by atoms with E-state index in [1.165, 1.54) is 4.90 Å². The predicted molar refractivity (Wildman–Crippen MR) is 67.8 cm³/mol. The fourth-order valence-corrected chi connectivity index (χ4v) is 1.74. The van der Waals surface area contributed by atoms with Crippen LogP contribution in [0.2, 0.25) is 0 Å². The Kier molecular flexibility index (Phi) is 7.57. The van der Waals surface area contributed by atoms with Gasteiger partial charge in [0.15, 0.2) is 0 Å². The fraction of sp³-hybridized carbons (Fsp3) is 0.727. The molecule has 1 saturated heterocycles. The van der Waals surface area contributed by atoms with Crippen LogP contribution < -0.4 is 5.32 Å². The third-order valence-corrected chi connectivity index (χ3v) is 2.89. The van der Waals surface area contributed by atoms with Gasteiger partial charge >= 0.3 is 12.1 Å². The summed E-state index contributed by atoms with van der Waals surface area (Å²) in [6.45, 7) is 4.05. The molecule has 2 N–H and O–H groups in total. The highest BCUT2D eigenvalue weighted by Crippen LogP contribution is 2.16. The number of alkyl halides is 5. The lowest BCUT2D eigenvalue weighted by atomic mass is 10.0. The van der Waals surface area contributed by atoms with E-state index in [4.69, 9.17) is 21.5 Å². The van der Waals surface area contributed by atoms with Crippen LogP contribution >= 0.6 is 11.6 Å². The number of carbonyl (C=O) groups is 3. The third-order valence-electron chi connectivity index (χ3n) is 2.70. The number of piperazine rings is 1. The molecule has 6 nitrogen and oxygen atoms in total. The number of carboxylic acid groups (broad SMARTS) is 1. The van der Waals surface area contributed by atoms with Crippen molar-refractivity contribution < 1.29 is 37.1 Å². The predicted octanol–water partition coefficient (Wildman–Crippen LogP) is 1.14.